The van der Waals surface area contributed by atoms with Crippen LogP contribution in [0.25, 0.3) is 11.3 Å². The highest BCUT2D eigenvalue weighted by Crippen LogP contribution is 2.19. The molecule has 2 aromatic rings. The summed E-state index contributed by atoms with van der Waals surface area (Å²) in [6.07, 6.45) is 1.85. The molecule has 0 fully saturated rings. The molecular formula is C20H27N3O3. The molecule has 1 heterocycles. The molecule has 1 unspecified atom stereocenters. The van der Waals surface area contributed by atoms with Crippen molar-refractivity contribution in [2.45, 2.75) is 52.6 Å². The Morgan fingerprint density at radius 2 is 1.92 bits per heavy atom. The van der Waals surface area contributed by atoms with Crippen molar-refractivity contribution in [1.29, 1.82) is 0 Å². The lowest BCUT2D eigenvalue weighted by atomic mass is 10.1. The monoisotopic (exact) mass is 357 g/mol. The second-order valence-electron chi connectivity index (χ2n) is 6.22. The van der Waals surface area contributed by atoms with Crippen molar-refractivity contribution in [3.05, 3.63) is 46.8 Å². The van der Waals surface area contributed by atoms with Crippen LogP contribution in [-0.2, 0) is 11.3 Å². The Balaban J connectivity index is 2.00. The molecule has 1 aromatic carbocycles. The average Bonchev–Trinajstić information content (AvgIpc) is 2.64. The van der Waals surface area contributed by atoms with Gasteiger partial charge in [0, 0.05) is 30.6 Å². The highest BCUT2D eigenvalue weighted by molar-refractivity contribution is 5.76. The lowest BCUT2D eigenvalue weighted by Crippen LogP contribution is -2.32. The fourth-order valence-corrected chi connectivity index (χ4v) is 2.49. The second-order valence-corrected chi connectivity index (χ2v) is 6.22. The van der Waals surface area contributed by atoms with Gasteiger partial charge in [0.2, 0.25) is 5.91 Å². The van der Waals surface area contributed by atoms with E-state index in [1.54, 1.807) is 6.07 Å². The van der Waals surface area contributed by atoms with Gasteiger partial charge in [-0.05, 0) is 57.0 Å². The summed E-state index contributed by atoms with van der Waals surface area (Å²) in [5.41, 5.74) is 1.47. The van der Waals surface area contributed by atoms with Gasteiger partial charge in [-0.3, -0.25) is 9.59 Å². The van der Waals surface area contributed by atoms with Crippen molar-refractivity contribution in [3.8, 4) is 17.0 Å². The van der Waals surface area contributed by atoms with E-state index < -0.39 is 0 Å². The molecule has 0 saturated heterocycles. The third kappa shape index (κ3) is 5.72. The molecule has 0 radical (unpaired) electrons. The number of rotatable bonds is 9. The Hall–Kier alpha value is -2.63. The summed E-state index contributed by atoms with van der Waals surface area (Å²) < 4.78 is 6.86. The lowest BCUT2D eigenvalue weighted by Gasteiger charge is -2.11. The van der Waals surface area contributed by atoms with Gasteiger partial charge in [-0.1, -0.05) is 6.92 Å². The largest absolute Gasteiger partial charge is 0.494 e. The van der Waals surface area contributed by atoms with Gasteiger partial charge in [0.25, 0.3) is 5.56 Å². The number of benzene rings is 1. The number of ether oxygens (including phenoxy) is 1. The Kier molecular flexibility index (Phi) is 7.38. The summed E-state index contributed by atoms with van der Waals surface area (Å²) in [6, 6.07) is 11.0. The molecular weight excluding hydrogens is 330 g/mol. The minimum absolute atomic E-state index is 0.00932. The average molecular weight is 357 g/mol. The summed E-state index contributed by atoms with van der Waals surface area (Å²) >= 11 is 0. The number of aryl methyl sites for hydroxylation is 1. The molecule has 1 amide bonds. The predicted octanol–water partition coefficient (Wildman–Crippen LogP) is 3.00. The molecule has 0 aliphatic carbocycles. The number of nitrogens with one attached hydrogen (secondary N) is 1. The number of carbonyl (C=O) groups is 1. The number of amides is 1. The Morgan fingerprint density at radius 3 is 2.58 bits per heavy atom. The van der Waals surface area contributed by atoms with Crippen LogP contribution in [0, 0.1) is 0 Å². The van der Waals surface area contributed by atoms with Crippen LogP contribution in [0.3, 0.4) is 0 Å². The van der Waals surface area contributed by atoms with E-state index in [9.17, 15) is 9.59 Å². The molecule has 0 saturated carbocycles. The zero-order chi connectivity index (χ0) is 18.9. The van der Waals surface area contributed by atoms with Gasteiger partial charge in [-0.2, -0.15) is 5.10 Å². The topological polar surface area (TPSA) is 73.2 Å². The Morgan fingerprint density at radius 1 is 1.19 bits per heavy atom. The zero-order valence-electron chi connectivity index (χ0n) is 15.7. The van der Waals surface area contributed by atoms with Crippen LogP contribution >= 0.6 is 0 Å². The van der Waals surface area contributed by atoms with Crippen LogP contribution in [0.2, 0.25) is 0 Å². The summed E-state index contributed by atoms with van der Waals surface area (Å²) in [5.74, 6) is 0.812. The highest BCUT2D eigenvalue weighted by atomic mass is 16.5. The van der Waals surface area contributed by atoms with E-state index in [2.05, 4.69) is 10.4 Å². The summed E-state index contributed by atoms with van der Waals surface area (Å²) in [4.78, 5) is 23.9. The van der Waals surface area contributed by atoms with Crippen LogP contribution < -0.4 is 15.6 Å². The lowest BCUT2D eigenvalue weighted by molar-refractivity contribution is -0.121. The quantitative estimate of drug-likeness (QED) is 0.749. The molecule has 6 nitrogen and oxygen atoms in total. The zero-order valence-corrected chi connectivity index (χ0v) is 15.7. The van der Waals surface area contributed by atoms with Crippen molar-refractivity contribution in [3.63, 3.8) is 0 Å². The van der Waals surface area contributed by atoms with Crippen molar-refractivity contribution in [2.24, 2.45) is 0 Å². The molecule has 6 heteroatoms. The van der Waals surface area contributed by atoms with Crippen molar-refractivity contribution in [1.82, 2.24) is 15.1 Å². The number of hydrogen-bond donors (Lipinski definition) is 1. The normalized spacial score (nSPS) is 11.8. The van der Waals surface area contributed by atoms with E-state index in [0.29, 0.717) is 26.0 Å². The molecule has 26 heavy (non-hydrogen) atoms. The molecule has 1 aromatic heterocycles. The number of carbonyl (C=O) groups excluding carboxylic acids is 1. The maximum atomic E-state index is 12.0. The summed E-state index contributed by atoms with van der Waals surface area (Å²) in [5, 5.41) is 7.35. The van der Waals surface area contributed by atoms with Gasteiger partial charge >= 0.3 is 0 Å². The van der Waals surface area contributed by atoms with Crippen LogP contribution in [0.1, 0.15) is 40.0 Å². The number of hydrogen-bond acceptors (Lipinski definition) is 4. The van der Waals surface area contributed by atoms with E-state index in [-0.39, 0.29) is 17.5 Å². The fourth-order valence-electron chi connectivity index (χ4n) is 2.49. The maximum Gasteiger partial charge on any atom is 0.266 e. The van der Waals surface area contributed by atoms with Crippen LogP contribution in [0.15, 0.2) is 41.2 Å². The minimum atomic E-state index is -0.165. The maximum absolute atomic E-state index is 12.0. The fraction of sp³-hybridized carbons (Fsp3) is 0.450. The first-order valence-electron chi connectivity index (χ1n) is 9.14. The van der Waals surface area contributed by atoms with Crippen molar-refractivity contribution >= 4 is 5.91 Å². The summed E-state index contributed by atoms with van der Waals surface area (Å²) in [6.45, 7) is 6.98. The first-order valence-corrected chi connectivity index (χ1v) is 9.14. The SMILES string of the molecule is CCOc1ccc(-c2ccc(=O)n(CCCC(=O)NC(C)CC)n2)cc1. The van der Waals surface area contributed by atoms with E-state index >= 15 is 0 Å². The Bertz CT molecular complexity index is 769. The van der Waals surface area contributed by atoms with E-state index in [0.717, 1.165) is 23.4 Å². The summed E-state index contributed by atoms with van der Waals surface area (Å²) in [7, 11) is 0. The van der Waals surface area contributed by atoms with Gasteiger partial charge in [0.05, 0.1) is 12.3 Å². The smallest absolute Gasteiger partial charge is 0.266 e. The van der Waals surface area contributed by atoms with Gasteiger partial charge < -0.3 is 10.1 Å². The molecule has 0 spiro atoms. The van der Waals surface area contributed by atoms with Crippen LogP contribution in [0.5, 0.6) is 5.75 Å². The standard InChI is InChI=1S/C20H27N3O3/c1-4-15(3)21-19(24)7-6-14-23-20(25)13-12-18(22-23)16-8-10-17(11-9-16)26-5-2/h8-13,15H,4-7,14H2,1-3H3,(H,21,24). The van der Waals surface area contributed by atoms with Crippen LogP contribution in [0.4, 0.5) is 0 Å². The van der Waals surface area contributed by atoms with Gasteiger partial charge in [0.15, 0.2) is 0 Å². The third-order valence-corrected chi connectivity index (χ3v) is 4.12. The Labute approximate surface area is 154 Å². The van der Waals surface area contributed by atoms with E-state index in [1.807, 2.05) is 45.0 Å². The van der Waals surface area contributed by atoms with Gasteiger partial charge in [-0.15, -0.1) is 0 Å². The highest BCUT2D eigenvalue weighted by Gasteiger charge is 2.07. The molecule has 0 aliphatic rings. The van der Waals surface area contributed by atoms with Gasteiger partial charge in [-0.25, -0.2) is 4.68 Å². The first-order chi connectivity index (χ1) is 12.5. The molecule has 1 N–H and O–H groups in total. The number of nitrogens with zero attached hydrogens (tertiary/aromatic N) is 2. The molecule has 2 rings (SSSR count). The third-order valence-electron chi connectivity index (χ3n) is 4.12. The second kappa shape index (κ2) is 9.75. The molecule has 0 bridgehead atoms. The molecule has 1 atom stereocenters. The van der Waals surface area contributed by atoms with Gasteiger partial charge in [0.1, 0.15) is 5.75 Å². The molecule has 140 valence electrons. The van der Waals surface area contributed by atoms with Crippen LogP contribution in [-0.4, -0.2) is 28.3 Å². The molecule has 0 aliphatic heterocycles. The van der Waals surface area contributed by atoms with E-state index in [1.165, 1.54) is 10.7 Å². The number of aromatic nitrogens is 2. The van der Waals surface area contributed by atoms with Crippen molar-refractivity contribution in [2.75, 3.05) is 6.61 Å². The first kappa shape index (κ1) is 19.7. The van der Waals surface area contributed by atoms with Crippen molar-refractivity contribution < 1.29 is 9.53 Å². The predicted molar refractivity (Wildman–Crippen MR) is 102 cm³/mol. The minimum Gasteiger partial charge on any atom is -0.494 e. The van der Waals surface area contributed by atoms with E-state index in [4.69, 9.17) is 4.74 Å².